The van der Waals surface area contributed by atoms with Crippen molar-refractivity contribution in [3.8, 4) is 0 Å². The van der Waals surface area contributed by atoms with Crippen LogP contribution in [0.5, 0.6) is 0 Å². The molecule has 0 bridgehead atoms. The second-order valence-electron chi connectivity index (χ2n) is 4.15. The zero-order valence-electron chi connectivity index (χ0n) is 10.0. The number of benzene rings is 1. The first-order chi connectivity index (χ1) is 9.11. The van der Waals surface area contributed by atoms with Gasteiger partial charge in [0.1, 0.15) is 6.04 Å². The van der Waals surface area contributed by atoms with Crippen LogP contribution >= 0.6 is 24.0 Å². The number of halogens is 7. The largest absolute Gasteiger partial charge is 0.443 e. The van der Waals surface area contributed by atoms with Crippen molar-refractivity contribution in [1.29, 1.82) is 0 Å². The van der Waals surface area contributed by atoms with E-state index in [1.807, 2.05) is 0 Å². The van der Waals surface area contributed by atoms with Crippen LogP contribution in [0.1, 0.15) is 17.2 Å². The summed E-state index contributed by atoms with van der Waals surface area (Å²) >= 11 is 5.40. The van der Waals surface area contributed by atoms with Gasteiger partial charge in [0, 0.05) is 0 Å². The second-order valence-corrected chi connectivity index (χ2v) is 4.56. The molecule has 1 fully saturated rings. The molecule has 2 rings (SSSR count). The fourth-order valence-electron chi connectivity index (χ4n) is 1.78. The van der Waals surface area contributed by atoms with Gasteiger partial charge in [-0.15, -0.1) is 12.4 Å². The van der Waals surface area contributed by atoms with Crippen molar-refractivity contribution >= 4 is 30.1 Å². The number of hydrogen-bond donors (Lipinski definition) is 1. The van der Waals surface area contributed by atoms with Crippen molar-refractivity contribution in [3.63, 3.8) is 0 Å². The zero-order valence-corrected chi connectivity index (χ0v) is 11.6. The molecule has 10 heteroatoms. The Morgan fingerprint density at radius 2 is 1.95 bits per heavy atom. The van der Waals surface area contributed by atoms with Gasteiger partial charge in [0.2, 0.25) is 0 Å². The van der Waals surface area contributed by atoms with Gasteiger partial charge in [0.15, 0.2) is 6.61 Å². The van der Waals surface area contributed by atoms with E-state index in [0.717, 1.165) is 12.1 Å². The van der Waals surface area contributed by atoms with E-state index in [1.54, 1.807) is 5.32 Å². The summed E-state index contributed by atoms with van der Waals surface area (Å²) in [6.45, 7) is -1.20. The van der Waals surface area contributed by atoms with Crippen LogP contribution in [0, 0.1) is 0 Å². The summed E-state index contributed by atoms with van der Waals surface area (Å²) in [5.74, 6) is -3.52. The van der Waals surface area contributed by atoms with Crippen molar-refractivity contribution in [3.05, 3.63) is 34.3 Å². The van der Waals surface area contributed by atoms with Crippen molar-refractivity contribution < 1.29 is 31.5 Å². The minimum absolute atomic E-state index is 0. The molecular weight excluding hydrogens is 344 g/mol. The van der Waals surface area contributed by atoms with Crippen molar-refractivity contribution in [2.75, 3.05) is 6.61 Å². The lowest BCUT2D eigenvalue weighted by Crippen LogP contribution is -2.49. The molecule has 0 aliphatic carbocycles. The fourth-order valence-corrected chi connectivity index (χ4v) is 2.00. The van der Waals surface area contributed by atoms with Gasteiger partial charge in [0.05, 0.1) is 10.6 Å². The SMILES string of the molecule is Cl.O=C1N[C@H](c2ccc(Cl)c(C(F)(F)F)c2)C(F)(F)CO1. The summed E-state index contributed by atoms with van der Waals surface area (Å²) in [7, 11) is 0. The molecule has 3 nitrogen and oxygen atoms in total. The first kappa shape index (κ1) is 17.8. The maximum Gasteiger partial charge on any atom is 0.417 e. The molecule has 0 spiro atoms. The highest BCUT2D eigenvalue weighted by atomic mass is 35.5. The molecule has 1 saturated heterocycles. The summed E-state index contributed by atoms with van der Waals surface area (Å²) in [5.41, 5.74) is -1.64. The predicted molar refractivity (Wildman–Crippen MR) is 65.9 cm³/mol. The number of ether oxygens (including phenoxy) is 1. The van der Waals surface area contributed by atoms with E-state index in [9.17, 15) is 26.7 Å². The van der Waals surface area contributed by atoms with Crippen molar-refractivity contribution in [1.82, 2.24) is 5.32 Å². The smallest absolute Gasteiger partial charge is 0.417 e. The van der Waals surface area contributed by atoms with Gasteiger partial charge in [-0.25, -0.2) is 13.6 Å². The standard InChI is InChI=1S/C11H7ClF5NO2.ClH/c12-7-2-1-5(3-6(7)11(15,16)17)8-10(13,14)4-20-9(19)18-8;/h1-3,8H,4H2,(H,18,19);1H/t8-;/m1./s1. The number of amides is 1. The summed E-state index contributed by atoms with van der Waals surface area (Å²) in [6.07, 6.45) is -5.90. The zero-order chi connectivity index (χ0) is 15.1. The number of alkyl halides is 5. The molecule has 1 aliphatic heterocycles. The topological polar surface area (TPSA) is 38.3 Å². The highest BCUT2D eigenvalue weighted by Gasteiger charge is 2.47. The molecule has 1 heterocycles. The summed E-state index contributed by atoms with van der Waals surface area (Å²) in [5, 5.41) is 1.19. The van der Waals surface area contributed by atoms with Gasteiger partial charge in [-0.05, 0) is 17.7 Å². The lowest BCUT2D eigenvalue weighted by atomic mass is 9.98. The highest BCUT2D eigenvalue weighted by Crippen LogP contribution is 2.39. The molecule has 1 aromatic carbocycles. The van der Waals surface area contributed by atoms with Crippen LogP contribution in [0.4, 0.5) is 26.7 Å². The van der Waals surface area contributed by atoms with Gasteiger partial charge in [0.25, 0.3) is 0 Å². The molecule has 0 radical (unpaired) electrons. The third kappa shape index (κ3) is 3.68. The molecule has 118 valence electrons. The lowest BCUT2D eigenvalue weighted by molar-refractivity contribution is -0.137. The Bertz CT molecular complexity index is 550. The van der Waals surface area contributed by atoms with E-state index in [1.165, 1.54) is 0 Å². The van der Waals surface area contributed by atoms with Crippen LogP contribution in [0.15, 0.2) is 18.2 Å². The molecule has 0 unspecified atom stereocenters. The normalized spacial score (nSPS) is 21.0. The molecule has 1 amide bonds. The number of alkyl carbamates (subject to hydrolysis) is 1. The third-order valence-corrected chi connectivity index (χ3v) is 3.04. The van der Waals surface area contributed by atoms with Crippen LogP contribution in [-0.2, 0) is 10.9 Å². The van der Waals surface area contributed by atoms with E-state index >= 15 is 0 Å². The van der Waals surface area contributed by atoms with Crippen LogP contribution in [0.2, 0.25) is 5.02 Å². The number of nitrogens with one attached hydrogen (secondary N) is 1. The number of rotatable bonds is 1. The minimum atomic E-state index is -4.78. The number of carbonyl (C=O) groups excluding carboxylic acids is 1. The molecule has 1 aliphatic rings. The number of hydrogen-bond acceptors (Lipinski definition) is 2. The third-order valence-electron chi connectivity index (χ3n) is 2.71. The average molecular weight is 352 g/mol. The van der Waals surface area contributed by atoms with Gasteiger partial charge in [-0.1, -0.05) is 17.7 Å². The Hall–Kier alpha value is -1.28. The van der Waals surface area contributed by atoms with Crippen LogP contribution in [0.25, 0.3) is 0 Å². The van der Waals surface area contributed by atoms with Crippen molar-refractivity contribution in [2.45, 2.75) is 18.1 Å². The quantitative estimate of drug-likeness (QED) is 0.770. The Labute approximate surface area is 126 Å². The van der Waals surface area contributed by atoms with E-state index in [0.29, 0.717) is 6.07 Å². The van der Waals surface area contributed by atoms with E-state index in [2.05, 4.69) is 4.74 Å². The Morgan fingerprint density at radius 3 is 2.52 bits per heavy atom. The Balaban J connectivity index is 0.00000220. The van der Waals surface area contributed by atoms with Gasteiger partial charge in [-0.3, -0.25) is 0 Å². The molecule has 1 aromatic rings. The average Bonchev–Trinajstić information content (AvgIpc) is 2.32. The fraction of sp³-hybridized carbons (Fsp3) is 0.364. The molecule has 1 atom stereocenters. The predicted octanol–water partition coefficient (Wildman–Crippen LogP) is 4.20. The maximum atomic E-state index is 13.6. The van der Waals surface area contributed by atoms with Gasteiger partial charge in [-0.2, -0.15) is 13.2 Å². The van der Waals surface area contributed by atoms with Crippen LogP contribution < -0.4 is 5.32 Å². The second kappa shape index (κ2) is 5.84. The summed E-state index contributed by atoms with van der Waals surface area (Å²) < 4.78 is 69.4. The lowest BCUT2D eigenvalue weighted by Gasteiger charge is -2.32. The van der Waals surface area contributed by atoms with E-state index < -0.39 is 47.0 Å². The number of carbonyl (C=O) groups is 1. The summed E-state index contributed by atoms with van der Waals surface area (Å²) in [4.78, 5) is 11.0. The molecule has 0 aromatic heterocycles. The Kier molecular flexibility index (Phi) is 4.94. The molecular formula is C11H8Cl2F5NO2. The molecule has 21 heavy (non-hydrogen) atoms. The monoisotopic (exact) mass is 351 g/mol. The first-order valence-electron chi connectivity index (χ1n) is 5.29. The molecule has 1 N–H and O–H groups in total. The van der Waals surface area contributed by atoms with Gasteiger partial charge < -0.3 is 10.1 Å². The highest BCUT2D eigenvalue weighted by molar-refractivity contribution is 6.31. The van der Waals surface area contributed by atoms with Gasteiger partial charge >= 0.3 is 18.2 Å². The first-order valence-corrected chi connectivity index (χ1v) is 5.67. The number of cyclic esters (lactones) is 1. The maximum absolute atomic E-state index is 13.6. The van der Waals surface area contributed by atoms with Crippen LogP contribution in [-0.4, -0.2) is 18.6 Å². The van der Waals surface area contributed by atoms with E-state index in [-0.39, 0.29) is 12.4 Å². The van der Waals surface area contributed by atoms with Crippen molar-refractivity contribution in [2.24, 2.45) is 0 Å². The minimum Gasteiger partial charge on any atom is -0.443 e. The van der Waals surface area contributed by atoms with E-state index in [4.69, 9.17) is 11.6 Å². The summed E-state index contributed by atoms with van der Waals surface area (Å²) in [6, 6.07) is 0.452. The Morgan fingerprint density at radius 1 is 1.33 bits per heavy atom. The van der Waals surface area contributed by atoms with Crippen LogP contribution in [0.3, 0.4) is 0 Å². The molecule has 0 saturated carbocycles.